The summed E-state index contributed by atoms with van der Waals surface area (Å²) in [6, 6.07) is 7.98. The van der Waals surface area contributed by atoms with Crippen LogP contribution in [0.25, 0.3) is 17.1 Å². The molecule has 1 aromatic heterocycles. The second kappa shape index (κ2) is 5.58. The van der Waals surface area contributed by atoms with Crippen molar-refractivity contribution in [3.8, 4) is 0 Å². The number of aromatic amines is 1. The Morgan fingerprint density at radius 3 is 2.81 bits per heavy atom. The molecule has 0 bridgehead atoms. The highest BCUT2D eigenvalue weighted by Crippen LogP contribution is 2.27. The molecule has 2 aromatic rings. The number of rotatable bonds is 4. The Bertz CT molecular complexity index is 694. The fourth-order valence-corrected chi connectivity index (χ4v) is 2.39. The van der Waals surface area contributed by atoms with E-state index in [1.54, 1.807) is 14.2 Å². The van der Waals surface area contributed by atoms with Crippen molar-refractivity contribution in [2.24, 2.45) is 0 Å². The summed E-state index contributed by atoms with van der Waals surface area (Å²) in [5, 5.41) is 0. The Balaban J connectivity index is 1.84. The lowest BCUT2D eigenvalue weighted by atomic mass is 9.94. The van der Waals surface area contributed by atoms with Crippen LogP contribution in [0.4, 0.5) is 0 Å². The standard InChI is InChI=1S/C17H18N2O2/c1-20-13-7-10-17(21-2,11-8-13)12-9-16-18-14-5-3-4-6-15(14)19-16/h3-10,12H,11H2,1-2H3,(H,18,19). The zero-order chi connectivity index (χ0) is 14.7. The van der Waals surface area contributed by atoms with Gasteiger partial charge in [0.1, 0.15) is 17.2 Å². The van der Waals surface area contributed by atoms with Crippen molar-refractivity contribution < 1.29 is 9.47 Å². The number of aromatic nitrogens is 2. The van der Waals surface area contributed by atoms with Gasteiger partial charge in [0, 0.05) is 13.5 Å². The van der Waals surface area contributed by atoms with E-state index in [1.807, 2.05) is 54.6 Å². The third-order valence-electron chi connectivity index (χ3n) is 3.70. The smallest absolute Gasteiger partial charge is 0.130 e. The highest BCUT2D eigenvalue weighted by molar-refractivity contribution is 5.76. The molecule has 0 spiro atoms. The largest absolute Gasteiger partial charge is 0.497 e. The molecule has 1 aliphatic rings. The molecule has 4 heteroatoms. The van der Waals surface area contributed by atoms with E-state index in [2.05, 4.69) is 9.97 Å². The second-order valence-electron chi connectivity index (χ2n) is 4.98. The third kappa shape index (κ3) is 2.76. The van der Waals surface area contributed by atoms with Crippen molar-refractivity contribution in [2.45, 2.75) is 12.0 Å². The van der Waals surface area contributed by atoms with E-state index in [0.29, 0.717) is 0 Å². The van der Waals surface area contributed by atoms with E-state index >= 15 is 0 Å². The number of H-pyrrole nitrogens is 1. The lowest BCUT2D eigenvalue weighted by Crippen LogP contribution is -2.27. The molecule has 1 aromatic carbocycles. The summed E-state index contributed by atoms with van der Waals surface area (Å²) >= 11 is 0. The maximum atomic E-state index is 5.65. The number of fused-ring (bicyclic) bond motifs is 1. The summed E-state index contributed by atoms with van der Waals surface area (Å²) in [7, 11) is 3.37. The van der Waals surface area contributed by atoms with Crippen LogP contribution >= 0.6 is 0 Å². The summed E-state index contributed by atoms with van der Waals surface area (Å²) < 4.78 is 10.9. The van der Waals surface area contributed by atoms with E-state index in [9.17, 15) is 0 Å². The van der Waals surface area contributed by atoms with Crippen LogP contribution in [0.3, 0.4) is 0 Å². The Morgan fingerprint density at radius 2 is 2.14 bits per heavy atom. The number of para-hydroxylation sites is 2. The maximum absolute atomic E-state index is 5.65. The van der Waals surface area contributed by atoms with E-state index in [4.69, 9.17) is 9.47 Å². The number of methoxy groups -OCH3 is 2. The normalized spacial score (nSPS) is 21.9. The first kappa shape index (κ1) is 13.6. The van der Waals surface area contributed by atoms with Crippen LogP contribution in [-0.2, 0) is 9.47 Å². The van der Waals surface area contributed by atoms with Gasteiger partial charge in [-0.15, -0.1) is 0 Å². The fraction of sp³-hybridized carbons (Fsp3) is 0.235. The molecular formula is C17H18N2O2. The molecule has 21 heavy (non-hydrogen) atoms. The fourth-order valence-electron chi connectivity index (χ4n) is 2.39. The minimum absolute atomic E-state index is 0.443. The summed E-state index contributed by atoms with van der Waals surface area (Å²) in [5.74, 6) is 1.68. The predicted octanol–water partition coefficient (Wildman–Crippen LogP) is 3.45. The van der Waals surface area contributed by atoms with E-state index in [0.717, 1.165) is 29.0 Å². The summed E-state index contributed by atoms with van der Waals surface area (Å²) in [4.78, 5) is 7.81. The number of allylic oxidation sites excluding steroid dienone is 1. The first-order valence-electron chi connectivity index (χ1n) is 6.87. The van der Waals surface area contributed by atoms with Crippen molar-refractivity contribution in [3.63, 3.8) is 0 Å². The second-order valence-corrected chi connectivity index (χ2v) is 4.98. The van der Waals surface area contributed by atoms with Crippen LogP contribution in [0.15, 0.2) is 54.3 Å². The number of hydrogen-bond donors (Lipinski definition) is 1. The first-order valence-corrected chi connectivity index (χ1v) is 6.87. The minimum atomic E-state index is -0.443. The number of benzene rings is 1. The lowest BCUT2D eigenvalue weighted by Gasteiger charge is -2.27. The molecule has 4 nitrogen and oxygen atoms in total. The van der Waals surface area contributed by atoms with E-state index in [1.165, 1.54) is 0 Å². The van der Waals surface area contributed by atoms with Gasteiger partial charge in [0.2, 0.25) is 0 Å². The molecule has 0 aliphatic heterocycles. The molecule has 0 saturated heterocycles. The van der Waals surface area contributed by atoms with Crippen LogP contribution in [-0.4, -0.2) is 29.8 Å². The van der Waals surface area contributed by atoms with Gasteiger partial charge in [0.25, 0.3) is 0 Å². The van der Waals surface area contributed by atoms with Gasteiger partial charge in [-0.25, -0.2) is 4.98 Å². The average Bonchev–Trinajstić information content (AvgIpc) is 2.96. The number of imidazole rings is 1. The minimum Gasteiger partial charge on any atom is -0.497 e. The molecule has 1 N–H and O–H groups in total. The summed E-state index contributed by atoms with van der Waals surface area (Å²) in [6.45, 7) is 0. The van der Waals surface area contributed by atoms with Crippen molar-refractivity contribution in [3.05, 3.63) is 60.2 Å². The monoisotopic (exact) mass is 282 g/mol. The van der Waals surface area contributed by atoms with Crippen LogP contribution < -0.4 is 0 Å². The number of nitrogens with zero attached hydrogens (tertiary/aromatic N) is 1. The zero-order valence-corrected chi connectivity index (χ0v) is 12.2. The van der Waals surface area contributed by atoms with Gasteiger partial charge in [-0.2, -0.15) is 0 Å². The predicted molar refractivity (Wildman–Crippen MR) is 83.7 cm³/mol. The average molecular weight is 282 g/mol. The van der Waals surface area contributed by atoms with Crippen LogP contribution in [0.5, 0.6) is 0 Å². The molecule has 0 radical (unpaired) electrons. The zero-order valence-electron chi connectivity index (χ0n) is 12.2. The molecule has 1 aliphatic carbocycles. The van der Waals surface area contributed by atoms with Gasteiger partial charge in [-0.05, 0) is 42.5 Å². The van der Waals surface area contributed by atoms with Gasteiger partial charge in [-0.1, -0.05) is 12.1 Å². The first-order chi connectivity index (χ1) is 10.2. The van der Waals surface area contributed by atoms with Crippen molar-refractivity contribution in [1.82, 2.24) is 9.97 Å². The molecule has 1 unspecified atom stereocenters. The molecule has 1 heterocycles. The Hall–Kier alpha value is -2.33. The van der Waals surface area contributed by atoms with Crippen LogP contribution in [0.1, 0.15) is 12.2 Å². The topological polar surface area (TPSA) is 47.1 Å². The molecule has 0 saturated carbocycles. The lowest BCUT2D eigenvalue weighted by molar-refractivity contribution is 0.0743. The maximum Gasteiger partial charge on any atom is 0.130 e. The van der Waals surface area contributed by atoms with Gasteiger partial charge in [0.05, 0.1) is 18.1 Å². The Morgan fingerprint density at radius 1 is 1.29 bits per heavy atom. The number of hydrogen-bond acceptors (Lipinski definition) is 3. The van der Waals surface area contributed by atoms with Crippen LogP contribution in [0.2, 0.25) is 0 Å². The molecule has 108 valence electrons. The van der Waals surface area contributed by atoms with Gasteiger partial charge in [-0.3, -0.25) is 0 Å². The number of ether oxygens (including phenoxy) is 2. The highest BCUT2D eigenvalue weighted by atomic mass is 16.5. The van der Waals surface area contributed by atoms with Crippen molar-refractivity contribution in [1.29, 1.82) is 0 Å². The summed E-state index contributed by atoms with van der Waals surface area (Å²) in [6.07, 6.45) is 10.7. The van der Waals surface area contributed by atoms with Crippen molar-refractivity contribution in [2.75, 3.05) is 14.2 Å². The Kier molecular flexibility index (Phi) is 3.62. The van der Waals surface area contributed by atoms with Gasteiger partial charge >= 0.3 is 0 Å². The summed E-state index contributed by atoms with van der Waals surface area (Å²) in [5.41, 5.74) is 1.55. The van der Waals surface area contributed by atoms with Gasteiger partial charge in [0.15, 0.2) is 0 Å². The molecule has 0 amide bonds. The molecular weight excluding hydrogens is 264 g/mol. The SMILES string of the molecule is COC1=CCC(C=Cc2nc3ccccc3[nH]2)(OC)C=C1. The molecule has 3 rings (SSSR count). The quantitative estimate of drug-likeness (QED) is 0.934. The van der Waals surface area contributed by atoms with E-state index < -0.39 is 5.60 Å². The third-order valence-corrected chi connectivity index (χ3v) is 3.70. The molecule has 0 fully saturated rings. The van der Waals surface area contributed by atoms with E-state index in [-0.39, 0.29) is 0 Å². The molecule has 1 atom stereocenters. The van der Waals surface area contributed by atoms with Gasteiger partial charge < -0.3 is 14.5 Å². The Labute approximate surface area is 123 Å². The highest BCUT2D eigenvalue weighted by Gasteiger charge is 2.25. The van der Waals surface area contributed by atoms with Crippen molar-refractivity contribution >= 4 is 17.1 Å². The van der Waals surface area contributed by atoms with Crippen LogP contribution in [0, 0.1) is 0 Å². The number of nitrogens with one attached hydrogen (secondary N) is 1.